The van der Waals surface area contributed by atoms with Gasteiger partial charge in [0.25, 0.3) is 11.5 Å². The second kappa shape index (κ2) is 20.6. The number of nitrogens with zero attached hydrogens (tertiary/aromatic N) is 4. The van der Waals surface area contributed by atoms with Crippen molar-refractivity contribution in [2.45, 2.75) is 142 Å². The van der Waals surface area contributed by atoms with E-state index in [4.69, 9.17) is 13.6 Å². The number of aliphatic hydroxyl groups excluding tert-OH is 1. The van der Waals surface area contributed by atoms with Crippen LogP contribution >= 0.6 is 0 Å². The number of rotatable bonds is 21. The summed E-state index contributed by atoms with van der Waals surface area (Å²) in [5, 5.41) is 11.1. The fraction of sp³-hybridized carbons (Fsp3) is 0.659. The van der Waals surface area contributed by atoms with Gasteiger partial charge in [-0.05, 0) is 70.2 Å². The van der Waals surface area contributed by atoms with Crippen LogP contribution in [0.15, 0.2) is 46.1 Å². The Morgan fingerprint density at radius 1 is 0.929 bits per heavy atom. The molecule has 1 saturated heterocycles. The van der Waals surface area contributed by atoms with Crippen LogP contribution in [0.3, 0.4) is 0 Å². The summed E-state index contributed by atoms with van der Waals surface area (Å²) in [6.45, 7) is 15.9. The molecule has 14 nitrogen and oxygen atoms in total. The Morgan fingerprint density at radius 3 is 2.07 bits per heavy atom. The number of unbranched alkanes of at least 4 members (excludes halogenated alkanes) is 2. The fourth-order valence-electron chi connectivity index (χ4n) is 6.96. The van der Waals surface area contributed by atoms with Crippen LogP contribution in [0.5, 0.6) is 0 Å². The SMILES string of the molecule is CC(=O)CCCCCC(=O)N(C)CCN(C)C(=O)CCC(C)(C)O[Si](OC[C@H]1O[C@@H](n2cc(C)c(=O)n(C(=O)c3ccccc3)c2=O)C[C@@H]1O)(C(C)C)C(C)C. The number of carbonyl (C=O) groups is 4. The average molecular weight is 801 g/mol. The molecule has 0 saturated carbocycles. The van der Waals surface area contributed by atoms with Crippen molar-refractivity contribution in [1.82, 2.24) is 18.9 Å². The van der Waals surface area contributed by atoms with Crippen molar-refractivity contribution in [3.63, 3.8) is 0 Å². The number of carbonyl (C=O) groups excluding carboxylic acids is 4. The molecule has 0 aliphatic carbocycles. The van der Waals surface area contributed by atoms with E-state index >= 15 is 0 Å². The molecule has 0 unspecified atom stereocenters. The lowest BCUT2D eigenvalue weighted by Crippen LogP contribution is -2.54. The maximum absolute atomic E-state index is 13.6. The summed E-state index contributed by atoms with van der Waals surface area (Å²) in [4.78, 5) is 79.9. The molecule has 0 spiro atoms. The van der Waals surface area contributed by atoms with Gasteiger partial charge in [0.1, 0.15) is 18.1 Å². The summed E-state index contributed by atoms with van der Waals surface area (Å²) < 4.78 is 21.6. The first-order valence-electron chi connectivity index (χ1n) is 19.8. The maximum Gasteiger partial charge on any atom is 0.343 e. The number of aromatic nitrogens is 2. The molecule has 56 heavy (non-hydrogen) atoms. The number of Topliss-reactive ketones (excluding diaryl/α,β-unsaturated/α-hetero) is 1. The van der Waals surface area contributed by atoms with Crippen molar-refractivity contribution in [2.75, 3.05) is 33.8 Å². The number of hydrogen-bond donors (Lipinski definition) is 1. The lowest BCUT2D eigenvalue weighted by atomic mass is 10.0. The zero-order valence-corrected chi connectivity index (χ0v) is 36.0. The largest absolute Gasteiger partial charge is 0.391 e. The zero-order valence-electron chi connectivity index (χ0n) is 35.0. The standard InChI is InChI=1S/C41H64N4O10Si/c1-28(2)56(29(3)4,55-41(7,8)22-21-36(49)43(10)24-23-42(9)35(48)20-16-11-13-17-31(6)46)53-27-34-33(47)25-37(54-34)44-26-30(5)38(50)45(40(44)52)39(51)32-18-14-12-15-19-32/h12,14-15,18-19,26,28-29,33-34,37,47H,11,13,16-17,20-25,27H2,1-10H3/t33-,34+,37+/m0/s1. The van der Waals surface area contributed by atoms with E-state index in [2.05, 4.69) is 0 Å². The number of hydrogen-bond acceptors (Lipinski definition) is 10. The fourth-order valence-corrected chi connectivity index (χ4v) is 10.9. The van der Waals surface area contributed by atoms with E-state index in [1.54, 1.807) is 49.0 Å². The number of aryl methyl sites for hydroxylation is 1. The smallest absolute Gasteiger partial charge is 0.343 e. The first-order valence-corrected chi connectivity index (χ1v) is 21.8. The summed E-state index contributed by atoms with van der Waals surface area (Å²) in [5.74, 6) is -0.640. The van der Waals surface area contributed by atoms with Gasteiger partial charge in [0, 0.05) is 70.2 Å². The van der Waals surface area contributed by atoms with Gasteiger partial charge in [-0.1, -0.05) is 52.3 Å². The third-order valence-electron chi connectivity index (χ3n) is 10.5. The molecule has 2 heterocycles. The molecule has 1 aromatic heterocycles. The molecule has 15 heteroatoms. The van der Waals surface area contributed by atoms with Gasteiger partial charge < -0.3 is 33.3 Å². The van der Waals surface area contributed by atoms with Crippen LogP contribution in [0.25, 0.3) is 0 Å². The Labute approximate surface area is 332 Å². The number of ketones is 1. The Bertz CT molecular complexity index is 1770. The van der Waals surface area contributed by atoms with E-state index in [1.165, 1.54) is 29.8 Å². The molecule has 1 aromatic carbocycles. The van der Waals surface area contributed by atoms with Crippen molar-refractivity contribution in [3.8, 4) is 0 Å². The quantitative estimate of drug-likeness (QED) is 0.135. The highest BCUT2D eigenvalue weighted by Crippen LogP contribution is 2.40. The Hall–Kier alpha value is -3.76. The van der Waals surface area contributed by atoms with Gasteiger partial charge in [0.2, 0.25) is 11.8 Å². The second-order valence-corrected chi connectivity index (χ2v) is 20.6. The third kappa shape index (κ3) is 12.4. The average Bonchev–Trinajstić information content (AvgIpc) is 3.51. The number of amides is 2. The van der Waals surface area contributed by atoms with Crippen LogP contribution in [0.1, 0.15) is 122 Å². The Balaban J connectivity index is 1.62. The predicted octanol–water partition coefficient (Wildman–Crippen LogP) is 4.97. The van der Waals surface area contributed by atoms with Gasteiger partial charge in [-0.3, -0.25) is 23.7 Å². The normalized spacial score (nSPS) is 17.4. The second-order valence-electron chi connectivity index (χ2n) is 16.3. The molecule has 2 aromatic rings. The predicted molar refractivity (Wildman–Crippen MR) is 216 cm³/mol. The monoisotopic (exact) mass is 800 g/mol. The minimum Gasteiger partial charge on any atom is -0.391 e. The molecular formula is C41H64N4O10Si. The van der Waals surface area contributed by atoms with Crippen LogP contribution < -0.4 is 11.2 Å². The molecule has 3 atom stereocenters. The van der Waals surface area contributed by atoms with Gasteiger partial charge in [-0.2, -0.15) is 4.57 Å². The first kappa shape index (κ1) is 46.6. The lowest BCUT2D eigenvalue weighted by molar-refractivity contribution is -0.134. The van der Waals surface area contributed by atoms with E-state index < -0.39 is 49.8 Å². The third-order valence-corrected chi connectivity index (χ3v) is 15.2. The summed E-state index contributed by atoms with van der Waals surface area (Å²) >= 11 is 0. The number of likely N-dealkylation sites (N-methyl/N-ethyl adjacent to an activating group) is 2. The van der Waals surface area contributed by atoms with Crippen LogP contribution in [-0.4, -0.2) is 108 Å². The topological polar surface area (TPSA) is 167 Å². The molecule has 3 rings (SSSR count). The van der Waals surface area contributed by atoms with E-state index in [1.807, 2.05) is 41.5 Å². The van der Waals surface area contributed by atoms with Crippen molar-refractivity contribution in [2.24, 2.45) is 0 Å². The van der Waals surface area contributed by atoms with Gasteiger partial charge >= 0.3 is 14.3 Å². The Kier molecular flexibility index (Phi) is 17.1. The van der Waals surface area contributed by atoms with Crippen LogP contribution in [0.2, 0.25) is 11.1 Å². The molecule has 0 radical (unpaired) electrons. The van der Waals surface area contributed by atoms with Crippen molar-refractivity contribution >= 4 is 32.1 Å². The molecule has 312 valence electrons. The van der Waals surface area contributed by atoms with E-state index in [0.717, 1.165) is 19.3 Å². The van der Waals surface area contributed by atoms with Crippen LogP contribution in [-0.2, 0) is 28.0 Å². The molecule has 2 amide bonds. The van der Waals surface area contributed by atoms with E-state index in [-0.39, 0.29) is 59.3 Å². The highest BCUT2D eigenvalue weighted by Gasteiger charge is 2.50. The number of benzene rings is 1. The minimum absolute atomic E-state index is 0.0149. The molecule has 1 aliphatic heterocycles. The van der Waals surface area contributed by atoms with Crippen molar-refractivity contribution in [3.05, 3.63) is 68.5 Å². The molecule has 0 bridgehead atoms. The van der Waals surface area contributed by atoms with E-state index in [0.29, 0.717) is 36.9 Å². The van der Waals surface area contributed by atoms with Gasteiger partial charge in [0.15, 0.2) is 0 Å². The van der Waals surface area contributed by atoms with Crippen molar-refractivity contribution in [1.29, 1.82) is 0 Å². The number of aliphatic hydroxyl groups is 1. The van der Waals surface area contributed by atoms with E-state index in [9.17, 15) is 33.9 Å². The van der Waals surface area contributed by atoms with Gasteiger partial charge in [-0.15, -0.1) is 0 Å². The lowest BCUT2D eigenvalue weighted by Gasteiger charge is -2.44. The Morgan fingerprint density at radius 2 is 1.50 bits per heavy atom. The molecule has 1 aliphatic rings. The number of ether oxygens (including phenoxy) is 1. The first-order chi connectivity index (χ1) is 26.2. The highest BCUT2D eigenvalue weighted by atomic mass is 28.4. The van der Waals surface area contributed by atoms with Crippen LogP contribution in [0, 0.1) is 6.92 Å². The molecular weight excluding hydrogens is 737 g/mol. The van der Waals surface area contributed by atoms with Crippen molar-refractivity contribution < 1.29 is 37.9 Å². The summed E-state index contributed by atoms with van der Waals surface area (Å²) in [5.41, 5.74) is -2.00. The van der Waals surface area contributed by atoms with Crippen LogP contribution in [0.4, 0.5) is 0 Å². The highest BCUT2D eigenvalue weighted by molar-refractivity contribution is 6.70. The molecule has 1 fully saturated rings. The van der Waals surface area contributed by atoms with Gasteiger partial charge in [0.05, 0.1) is 18.3 Å². The summed E-state index contributed by atoms with van der Waals surface area (Å²) in [6, 6.07) is 8.07. The summed E-state index contributed by atoms with van der Waals surface area (Å²) in [6.07, 6.45) is 2.58. The van der Waals surface area contributed by atoms with Gasteiger partial charge in [-0.25, -0.2) is 4.79 Å². The zero-order chi connectivity index (χ0) is 42.0. The maximum atomic E-state index is 13.6. The minimum atomic E-state index is -3.07. The molecule has 1 N–H and O–H groups in total. The summed E-state index contributed by atoms with van der Waals surface area (Å²) in [7, 11) is 0.393.